The van der Waals surface area contributed by atoms with E-state index in [9.17, 15) is 0 Å². The lowest BCUT2D eigenvalue weighted by Crippen LogP contribution is -1.95. The summed E-state index contributed by atoms with van der Waals surface area (Å²) >= 11 is 0. The third-order valence-corrected chi connectivity index (χ3v) is 3.95. The van der Waals surface area contributed by atoms with Crippen LogP contribution in [0.3, 0.4) is 0 Å². The summed E-state index contributed by atoms with van der Waals surface area (Å²) in [4.78, 5) is 4.75. The molecule has 0 bridgehead atoms. The minimum atomic E-state index is 0. The van der Waals surface area contributed by atoms with Crippen LogP contribution in [0.4, 0.5) is 11.4 Å². The summed E-state index contributed by atoms with van der Waals surface area (Å²) < 4.78 is 5.22. The Kier molecular flexibility index (Phi) is 6.56. The van der Waals surface area contributed by atoms with E-state index in [0.29, 0.717) is 0 Å². The maximum atomic E-state index is 5.22. The first-order valence-corrected chi connectivity index (χ1v) is 8.54. The Labute approximate surface area is 155 Å². The van der Waals surface area contributed by atoms with Crippen LogP contribution in [0.1, 0.15) is 21.3 Å². The summed E-state index contributed by atoms with van der Waals surface area (Å²) in [6.45, 7) is 4.00. The average Bonchev–Trinajstić information content (AvgIpc) is 2.70. The van der Waals surface area contributed by atoms with E-state index in [-0.39, 0.29) is 7.43 Å². The number of aromatic nitrogens is 1. The fraction of sp³-hybridized carbons (Fsp3) is 0.174. The highest BCUT2D eigenvalue weighted by Gasteiger charge is 2.08. The van der Waals surface area contributed by atoms with Gasteiger partial charge in [-0.25, -0.2) is 4.98 Å². The minimum Gasteiger partial charge on any atom is -0.497 e. The van der Waals surface area contributed by atoms with Crippen molar-refractivity contribution in [2.45, 2.75) is 21.3 Å². The lowest BCUT2D eigenvalue weighted by molar-refractivity contribution is 0.415. The number of rotatable bonds is 3. The molecule has 3 aromatic carbocycles. The standard InChI is InChI=1S/C20H16N2O.C2H6.CH4/c1-23-15-12-10-14(11-13-15)21-20-16-6-2-4-8-18(16)22-19-9-5-3-7-17(19)20;1-2;/h2-13H,1H3,(H,21,22);1-2H3;1H4. The largest absolute Gasteiger partial charge is 0.497 e. The average molecular weight is 346 g/mol. The zero-order valence-electron chi connectivity index (χ0n) is 14.8. The zero-order valence-corrected chi connectivity index (χ0v) is 14.8. The Bertz CT molecular complexity index is 924. The second-order valence-corrected chi connectivity index (χ2v) is 5.37. The van der Waals surface area contributed by atoms with Gasteiger partial charge in [0, 0.05) is 16.5 Å². The van der Waals surface area contributed by atoms with Crippen molar-refractivity contribution in [3.63, 3.8) is 0 Å². The van der Waals surface area contributed by atoms with Crippen LogP contribution in [-0.4, -0.2) is 12.1 Å². The third-order valence-electron chi connectivity index (χ3n) is 3.95. The quantitative estimate of drug-likeness (QED) is 0.414. The molecule has 26 heavy (non-hydrogen) atoms. The van der Waals surface area contributed by atoms with Crippen molar-refractivity contribution in [2.24, 2.45) is 0 Å². The van der Waals surface area contributed by atoms with Crippen molar-refractivity contribution >= 4 is 33.2 Å². The van der Waals surface area contributed by atoms with Crippen LogP contribution in [0.25, 0.3) is 21.8 Å². The molecule has 0 unspecified atom stereocenters. The van der Waals surface area contributed by atoms with Gasteiger partial charge < -0.3 is 10.1 Å². The molecule has 0 amide bonds. The van der Waals surface area contributed by atoms with Crippen LogP contribution in [-0.2, 0) is 0 Å². The molecule has 0 aliphatic heterocycles. The fourth-order valence-corrected chi connectivity index (χ4v) is 2.79. The molecule has 0 saturated carbocycles. The second kappa shape index (κ2) is 8.86. The van der Waals surface area contributed by atoms with E-state index in [1.807, 2.05) is 74.5 Å². The van der Waals surface area contributed by atoms with Gasteiger partial charge in [0.1, 0.15) is 5.75 Å². The van der Waals surface area contributed by atoms with Crippen molar-refractivity contribution in [3.05, 3.63) is 72.8 Å². The van der Waals surface area contributed by atoms with E-state index < -0.39 is 0 Å². The van der Waals surface area contributed by atoms with E-state index in [1.165, 1.54) is 0 Å². The number of nitrogens with zero attached hydrogens (tertiary/aromatic N) is 1. The van der Waals surface area contributed by atoms with E-state index in [1.54, 1.807) is 7.11 Å². The number of anilines is 2. The number of benzene rings is 3. The molecular formula is C23H26N2O. The number of para-hydroxylation sites is 2. The van der Waals surface area contributed by atoms with E-state index >= 15 is 0 Å². The monoisotopic (exact) mass is 346 g/mol. The molecule has 1 aromatic heterocycles. The van der Waals surface area contributed by atoms with Crippen LogP contribution >= 0.6 is 0 Å². The van der Waals surface area contributed by atoms with Crippen LogP contribution in [0.5, 0.6) is 5.75 Å². The number of pyridine rings is 1. The first-order valence-electron chi connectivity index (χ1n) is 8.54. The number of fused-ring (bicyclic) bond motifs is 2. The van der Waals surface area contributed by atoms with Crippen molar-refractivity contribution in [1.29, 1.82) is 0 Å². The molecule has 4 rings (SSSR count). The van der Waals surface area contributed by atoms with E-state index in [0.717, 1.165) is 38.9 Å². The van der Waals surface area contributed by atoms with E-state index in [2.05, 4.69) is 17.4 Å². The summed E-state index contributed by atoms with van der Waals surface area (Å²) in [6, 6.07) is 24.3. The number of methoxy groups -OCH3 is 1. The van der Waals surface area contributed by atoms with Gasteiger partial charge in [-0.15, -0.1) is 0 Å². The molecule has 4 aromatic rings. The highest BCUT2D eigenvalue weighted by atomic mass is 16.5. The van der Waals surface area contributed by atoms with Gasteiger partial charge in [0.25, 0.3) is 0 Å². The van der Waals surface area contributed by atoms with Crippen LogP contribution in [0.2, 0.25) is 0 Å². The summed E-state index contributed by atoms with van der Waals surface area (Å²) in [5, 5.41) is 5.77. The predicted molar refractivity (Wildman–Crippen MR) is 114 cm³/mol. The first-order chi connectivity index (χ1) is 12.3. The molecule has 3 heteroatoms. The SMILES string of the molecule is C.CC.COc1ccc(Nc2c3ccccc3nc3ccccc23)cc1. The number of nitrogens with one attached hydrogen (secondary N) is 1. The Morgan fingerprint density at radius 3 is 1.73 bits per heavy atom. The minimum absolute atomic E-state index is 0. The first kappa shape index (κ1) is 19.3. The summed E-state index contributed by atoms with van der Waals surface area (Å²) in [7, 11) is 1.67. The molecule has 0 radical (unpaired) electrons. The lowest BCUT2D eigenvalue weighted by Gasteiger charge is -2.13. The number of hydrogen-bond donors (Lipinski definition) is 1. The Morgan fingerprint density at radius 2 is 1.23 bits per heavy atom. The summed E-state index contributed by atoms with van der Waals surface area (Å²) in [5.41, 5.74) is 4.08. The van der Waals surface area contributed by atoms with Gasteiger partial charge >= 0.3 is 0 Å². The molecule has 0 spiro atoms. The highest BCUT2D eigenvalue weighted by Crippen LogP contribution is 2.33. The van der Waals surface area contributed by atoms with Gasteiger partial charge in [0.2, 0.25) is 0 Å². The predicted octanol–water partition coefficient (Wildman–Crippen LogP) is 6.80. The van der Waals surface area contributed by atoms with Crippen molar-refractivity contribution in [1.82, 2.24) is 4.98 Å². The maximum Gasteiger partial charge on any atom is 0.119 e. The van der Waals surface area contributed by atoms with Gasteiger partial charge in [-0.3, -0.25) is 0 Å². The zero-order chi connectivity index (χ0) is 17.6. The second-order valence-electron chi connectivity index (χ2n) is 5.37. The smallest absolute Gasteiger partial charge is 0.119 e. The van der Waals surface area contributed by atoms with Crippen molar-refractivity contribution in [2.75, 3.05) is 12.4 Å². The van der Waals surface area contributed by atoms with Gasteiger partial charge in [0.15, 0.2) is 0 Å². The van der Waals surface area contributed by atoms with Gasteiger partial charge in [-0.05, 0) is 36.4 Å². The molecule has 1 heterocycles. The van der Waals surface area contributed by atoms with Gasteiger partial charge in [0.05, 0.1) is 23.8 Å². The van der Waals surface area contributed by atoms with Crippen molar-refractivity contribution in [3.8, 4) is 5.75 Å². The van der Waals surface area contributed by atoms with E-state index in [4.69, 9.17) is 9.72 Å². The lowest BCUT2D eigenvalue weighted by atomic mass is 10.1. The third kappa shape index (κ3) is 3.77. The maximum absolute atomic E-state index is 5.22. The number of ether oxygens (including phenoxy) is 1. The van der Waals surface area contributed by atoms with Crippen LogP contribution < -0.4 is 10.1 Å². The highest BCUT2D eigenvalue weighted by molar-refractivity contribution is 6.08. The molecule has 0 aliphatic rings. The molecular weight excluding hydrogens is 320 g/mol. The Hall–Kier alpha value is -3.07. The van der Waals surface area contributed by atoms with Crippen LogP contribution in [0.15, 0.2) is 72.8 Å². The molecule has 1 N–H and O–H groups in total. The molecule has 0 fully saturated rings. The summed E-state index contributed by atoms with van der Waals surface area (Å²) in [5.74, 6) is 0.847. The molecule has 0 aliphatic carbocycles. The molecule has 134 valence electrons. The van der Waals surface area contributed by atoms with Crippen molar-refractivity contribution < 1.29 is 4.74 Å². The van der Waals surface area contributed by atoms with Gasteiger partial charge in [-0.1, -0.05) is 57.7 Å². The molecule has 0 saturated heterocycles. The summed E-state index contributed by atoms with van der Waals surface area (Å²) in [6.07, 6.45) is 0. The normalized spacial score (nSPS) is 9.81. The number of hydrogen-bond acceptors (Lipinski definition) is 3. The Morgan fingerprint density at radius 1 is 0.731 bits per heavy atom. The van der Waals surface area contributed by atoms with Gasteiger partial charge in [-0.2, -0.15) is 0 Å². The topological polar surface area (TPSA) is 34.1 Å². The fourth-order valence-electron chi connectivity index (χ4n) is 2.79. The molecule has 3 nitrogen and oxygen atoms in total. The Balaban J connectivity index is 0.000000784. The van der Waals surface area contributed by atoms with Crippen LogP contribution in [0, 0.1) is 0 Å². The molecule has 0 atom stereocenters.